The number of fused-ring (bicyclic) bond motifs is 1. The van der Waals surface area contributed by atoms with E-state index in [1.54, 1.807) is 12.2 Å². The van der Waals surface area contributed by atoms with Gasteiger partial charge in [0.05, 0.1) is 17.9 Å². The number of hydrogen-bond donors (Lipinski definition) is 1. The van der Waals surface area contributed by atoms with Crippen LogP contribution in [0.3, 0.4) is 0 Å². The molecule has 5 nitrogen and oxygen atoms in total. The van der Waals surface area contributed by atoms with Crippen molar-refractivity contribution in [1.82, 2.24) is 0 Å². The fraction of sp³-hybridized carbons (Fsp3) is 0.333. The number of carboxylic acid groups (broad SMARTS) is 1. The Kier molecular flexibility index (Phi) is 4.09. The van der Waals surface area contributed by atoms with Crippen molar-refractivity contribution in [3.8, 4) is 0 Å². The lowest BCUT2D eigenvalue weighted by molar-refractivity contribution is -0.136. The molecule has 1 heterocycles. The molecule has 1 atom stereocenters. The van der Waals surface area contributed by atoms with E-state index in [0.29, 0.717) is 23.1 Å². The summed E-state index contributed by atoms with van der Waals surface area (Å²) in [6.07, 6.45) is 7.33. The predicted molar refractivity (Wildman–Crippen MR) is 71.2 cm³/mol. The third-order valence-corrected chi connectivity index (χ3v) is 3.41. The molecule has 0 fully saturated rings. The van der Waals surface area contributed by atoms with Crippen LogP contribution >= 0.6 is 11.8 Å². The maximum Gasteiger partial charge on any atom is 0.304 e. The van der Waals surface area contributed by atoms with E-state index in [0.717, 1.165) is 0 Å². The second-order valence-electron chi connectivity index (χ2n) is 3.82. The molecule has 0 radical (unpaired) electrons. The van der Waals surface area contributed by atoms with Gasteiger partial charge in [0.25, 0.3) is 5.91 Å². The number of carbonyl (C=O) groups excluding carboxylic acids is 1. The highest BCUT2D eigenvalue weighted by molar-refractivity contribution is 7.99. The number of carbonyl (C=O) groups is 2. The lowest BCUT2D eigenvalue weighted by Gasteiger charge is -2.17. The average Bonchev–Trinajstić information content (AvgIpc) is 2.35. The highest BCUT2D eigenvalue weighted by Gasteiger charge is 2.25. The third kappa shape index (κ3) is 3.16. The molecule has 1 aliphatic heterocycles. The number of rotatable bonds is 5. The topological polar surface area (TPSA) is 79.1 Å². The smallest absolute Gasteiger partial charge is 0.304 e. The summed E-state index contributed by atoms with van der Waals surface area (Å²) in [7, 11) is 0. The summed E-state index contributed by atoms with van der Waals surface area (Å²) in [6, 6.07) is 0. The molecule has 6 heteroatoms. The van der Waals surface area contributed by atoms with E-state index in [1.165, 1.54) is 11.8 Å². The molecule has 1 aliphatic carbocycles. The molecule has 94 valence electrons. The minimum absolute atomic E-state index is 0.105. The fourth-order valence-corrected chi connectivity index (χ4v) is 2.38. The van der Waals surface area contributed by atoms with Crippen LogP contribution in [0, 0.1) is 5.92 Å². The van der Waals surface area contributed by atoms with Gasteiger partial charge in [0.2, 0.25) is 0 Å². The molecule has 18 heavy (non-hydrogen) atoms. The molecule has 0 bridgehead atoms. The van der Waals surface area contributed by atoms with E-state index in [1.807, 2.05) is 12.2 Å². The Morgan fingerprint density at radius 2 is 2.22 bits per heavy atom. The van der Waals surface area contributed by atoms with Crippen molar-refractivity contribution in [3.63, 3.8) is 0 Å². The van der Waals surface area contributed by atoms with Gasteiger partial charge in [0.1, 0.15) is 11.8 Å². The number of allylic oxidation sites excluding steroid dienone is 3. The van der Waals surface area contributed by atoms with Crippen LogP contribution < -0.4 is 0 Å². The lowest BCUT2D eigenvalue weighted by Crippen LogP contribution is -2.27. The van der Waals surface area contributed by atoms with Crippen molar-refractivity contribution >= 4 is 35.2 Å². The first-order chi connectivity index (χ1) is 8.66. The summed E-state index contributed by atoms with van der Waals surface area (Å²) in [5.41, 5.74) is 0.714. The highest BCUT2D eigenvalue weighted by atomic mass is 32.2. The van der Waals surface area contributed by atoms with Crippen LogP contribution in [0.5, 0.6) is 0 Å². The summed E-state index contributed by atoms with van der Waals surface area (Å²) < 4.78 is 0. The maximum absolute atomic E-state index is 11.7. The number of nitrogens with zero attached hydrogens (tertiary/aromatic N) is 2. The second kappa shape index (κ2) is 5.77. The van der Waals surface area contributed by atoms with Gasteiger partial charge in [-0.3, -0.25) is 9.59 Å². The van der Waals surface area contributed by atoms with Crippen LogP contribution in [0.4, 0.5) is 0 Å². The Morgan fingerprint density at radius 1 is 1.39 bits per heavy atom. The van der Waals surface area contributed by atoms with Gasteiger partial charge in [-0.15, -0.1) is 0 Å². The first kappa shape index (κ1) is 12.8. The van der Waals surface area contributed by atoms with Crippen molar-refractivity contribution < 1.29 is 14.7 Å². The monoisotopic (exact) mass is 264 g/mol. The first-order valence-electron chi connectivity index (χ1n) is 5.51. The number of aliphatic imine (C=N–C) groups is 2. The number of aliphatic carboxylic acids is 1. The predicted octanol–water partition coefficient (Wildman–Crippen LogP) is 1.32. The zero-order chi connectivity index (χ0) is 13.0. The van der Waals surface area contributed by atoms with E-state index < -0.39 is 5.97 Å². The third-order valence-electron chi connectivity index (χ3n) is 2.46. The fourth-order valence-electron chi connectivity index (χ4n) is 1.61. The van der Waals surface area contributed by atoms with E-state index in [4.69, 9.17) is 5.11 Å². The molecule has 0 aromatic rings. The minimum Gasteiger partial charge on any atom is -0.481 e. The molecular weight excluding hydrogens is 252 g/mol. The standard InChI is InChI=1S/C12H12N2O3S/c15-11(16)5-6-18-7-10-13-9-4-2-1-3-8(9)12(17)14-10/h1-4,8H,5-7H2,(H,15,16). The first-order valence-corrected chi connectivity index (χ1v) is 6.66. The molecule has 2 rings (SSSR count). The molecular formula is C12H12N2O3S. The highest BCUT2D eigenvalue weighted by Crippen LogP contribution is 2.17. The Hall–Kier alpha value is -1.69. The summed E-state index contributed by atoms with van der Waals surface area (Å²) >= 11 is 1.42. The summed E-state index contributed by atoms with van der Waals surface area (Å²) in [5, 5.41) is 8.50. The van der Waals surface area contributed by atoms with E-state index in [9.17, 15) is 9.59 Å². The molecule has 0 aromatic heterocycles. The number of thioether (sulfide) groups is 1. The molecule has 1 amide bonds. The maximum atomic E-state index is 11.7. The molecule has 2 aliphatic rings. The number of amidine groups is 1. The van der Waals surface area contributed by atoms with Crippen molar-refractivity contribution in [2.45, 2.75) is 6.42 Å². The van der Waals surface area contributed by atoms with Gasteiger partial charge in [-0.05, 0) is 6.08 Å². The summed E-state index contributed by atoms with van der Waals surface area (Å²) in [4.78, 5) is 30.3. The summed E-state index contributed by atoms with van der Waals surface area (Å²) in [6.45, 7) is 0. The minimum atomic E-state index is -0.823. The SMILES string of the molecule is O=C(O)CCSCC1=NC(=O)C2C=CC=CC2=N1. The van der Waals surface area contributed by atoms with Gasteiger partial charge in [0.15, 0.2) is 0 Å². The lowest BCUT2D eigenvalue weighted by atomic mass is 9.97. The van der Waals surface area contributed by atoms with Crippen LogP contribution in [0.15, 0.2) is 34.3 Å². The van der Waals surface area contributed by atoms with Crippen molar-refractivity contribution in [1.29, 1.82) is 0 Å². The number of carboxylic acids is 1. The van der Waals surface area contributed by atoms with Crippen molar-refractivity contribution in [2.24, 2.45) is 15.9 Å². The molecule has 0 saturated heterocycles. The molecule has 0 aromatic carbocycles. The van der Waals surface area contributed by atoms with Gasteiger partial charge >= 0.3 is 5.97 Å². The van der Waals surface area contributed by atoms with E-state index >= 15 is 0 Å². The molecule has 0 saturated carbocycles. The van der Waals surface area contributed by atoms with Gasteiger partial charge in [-0.2, -0.15) is 16.8 Å². The van der Waals surface area contributed by atoms with Crippen LogP contribution in [0.1, 0.15) is 6.42 Å². The average molecular weight is 264 g/mol. The zero-order valence-electron chi connectivity index (χ0n) is 9.57. The Bertz CT molecular complexity index is 492. The second-order valence-corrected chi connectivity index (χ2v) is 4.93. The van der Waals surface area contributed by atoms with E-state index in [-0.39, 0.29) is 18.2 Å². The summed E-state index contributed by atoms with van der Waals surface area (Å²) in [5.74, 6) is 0.0639. The van der Waals surface area contributed by atoms with Gasteiger partial charge in [-0.1, -0.05) is 18.2 Å². The molecule has 1 N–H and O–H groups in total. The molecule has 1 unspecified atom stereocenters. The Balaban J connectivity index is 1.92. The van der Waals surface area contributed by atoms with Crippen LogP contribution in [-0.4, -0.2) is 40.0 Å². The van der Waals surface area contributed by atoms with Crippen molar-refractivity contribution in [3.05, 3.63) is 24.3 Å². The van der Waals surface area contributed by atoms with E-state index in [2.05, 4.69) is 9.98 Å². The quantitative estimate of drug-likeness (QED) is 0.759. The van der Waals surface area contributed by atoms with Crippen LogP contribution in [-0.2, 0) is 9.59 Å². The van der Waals surface area contributed by atoms with Crippen molar-refractivity contribution in [2.75, 3.05) is 11.5 Å². The van der Waals surface area contributed by atoms with Crippen LogP contribution in [0.25, 0.3) is 0 Å². The van der Waals surface area contributed by atoms with Gasteiger partial charge in [-0.25, -0.2) is 4.99 Å². The Labute approximate surface area is 108 Å². The van der Waals surface area contributed by atoms with Gasteiger partial charge in [0, 0.05) is 5.75 Å². The largest absolute Gasteiger partial charge is 0.481 e. The van der Waals surface area contributed by atoms with Crippen LogP contribution in [0.2, 0.25) is 0 Å². The molecule has 0 spiro atoms. The normalized spacial score (nSPS) is 21.3. The number of amides is 1. The Morgan fingerprint density at radius 3 is 3.00 bits per heavy atom. The van der Waals surface area contributed by atoms with Gasteiger partial charge < -0.3 is 5.11 Å². The zero-order valence-corrected chi connectivity index (χ0v) is 10.4. The number of hydrogen-bond acceptors (Lipinski definition) is 4.